The van der Waals surface area contributed by atoms with Gasteiger partial charge in [-0.25, -0.2) is 17.9 Å². The topological polar surface area (TPSA) is 98.5 Å². The molecule has 0 spiro atoms. The fourth-order valence-electron chi connectivity index (χ4n) is 1.32. The lowest BCUT2D eigenvalue weighted by molar-refractivity contribution is 0.0600. The third-order valence-electron chi connectivity index (χ3n) is 2.36. The van der Waals surface area contributed by atoms with Gasteiger partial charge in [-0.2, -0.15) is 0 Å². The van der Waals surface area contributed by atoms with Crippen molar-refractivity contribution in [2.75, 3.05) is 13.7 Å². The van der Waals surface area contributed by atoms with E-state index in [0.29, 0.717) is 0 Å². The van der Waals surface area contributed by atoms with Crippen molar-refractivity contribution >= 4 is 27.6 Å². The van der Waals surface area contributed by atoms with Crippen molar-refractivity contribution < 1.29 is 17.9 Å². The second-order valence-electron chi connectivity index (χ2n) is 4.95. The van der Waals surface area contributed by atoms with E-state index >= 15 is 0 Å². The zero-order valence-corrected chi connectivity index (χ0v) is 13.0. The van der Waals surface area contributed by atoms with Gasteiger partial charge in [0.1, 0.15) is 4.90 Å². The maximum Gasteiger partial charge on any atom is 0.337 e. The van der Waals surface area contributed by atoms with Gasteiger partial charge in [0.05, 0.1) is 17.7 Å². The van der Waals surface area contributed by atoms with Crippen molar-refractivity contribution in [3.63, 3.8) is 0 Å². The summed E-state index contributed by atoms with van der Waals surface area (Å²) in [6, 6.07) is 3.83. The third-order valence-corrected chi connectivity index (χ3v) is 4.24. The second kappa shape index (κ2) is 6.09. The van der Waals surface area contributed by atoms with Crippen LogP contribution in [0.3, 0.4) is 0 Å². The number of ether oxygens (including phenoxy) is 1. The van der Waals surface area contributed by atoms with Gasteiger partial charge >= 0.3 is 5.97 Å². The van der Waals surface area contributed by atoms with E-state index in [9.17, 15) is 13.2 Å². The third kappa shape index (κ3) is 4.45. The van der Waals surface area contributed by atoms with Crippen molar-refractivity contribution in [3.05, 3.63) is 28.8 Å². The smallest absolute Gasteiger partial charge is 0.337 e. The van der Waals surface area contributed by atoms with Crippen molar-refractivity contribution in [2.24, 2.45) is 5.73 Å². The molecule has 1 aromatic rings. The molecule has 0 bridgehead atoms. The average Bonchev–Trinajstić information content (AvgIpc) is 2.34. The molecule has 0 unspecified atom stereocenters. The molecule has 8 heteroatoms. The van der Waals surface area contributed by atoms with Crippen LogP contribution in [0.1, 0.15) is 24.2 Å². The number of halogens is 1. The first kappa shape index (κ1) is 16.9. The largest absolute Gasteiger partial charge is 0.465 e. The van der Waals surface area contributed by atoms with E-state index in [0.717, 1.165) is 0 Å². The Morgan fingerprint density at radius 3 is 2.50 bits per heavy atom. The molecule has 6 nitrogen and oxygen atoms in total. The number of hydrogen-bond donors (Lipinski definition) is 2. The van der Waals surface area contributed by atoms with Gasteiger partial charge in [-0.15, -0.1) is 0 Å². The molecule has 0 atom stereocenters. The zero-order chi connectivity index (χ0) is 15.6. The van der Waals surface area contributed by atoms with Gasteiger partial charge in [0.25, 0.3) is 0 Å². The number of nitrogens with two attached hydrogens (primary N) is 1. The van der Waals surface area contributed by atoms with Crippen LogP contribution in [0.5, 0.6) is 0 Å². The van der Waals surface area contributed by atoms with Crippen LogP contribution >= 0.6 is 11.6 Å². The maximum atomic E-state index is 12.1. The van der Waals surface area contributed by atoms with Crippen LogP contribution in [0.25, 0.3) is 0 Å². The molecule has 1 aromatic carbocycles. The summed E-state index contributed by atoms with van der Waals surface area (Å²) < 4.78 is 31.1. The fourth-order valence-corrected chi connectivity index (χ4v) is 3.09. The summed E-state index contributed by atoms with van der Waals surface area (Å²) in [6.07, 6.45) is 0. The molecule has 0 amide bonds. The minimum atomic E-state index is -3.79. The van der Waals surface area contributed by atoms with Crippen LogP contribution in [-0.4, -0.2) is 33.6 Å². The summed E-state index contributed by atoms with van der Waals surface area (Å²) in [5.41, 5.74) is 5.21. The Labute approximate surface area is 123 Å². The Hall–Kier alpha value is -1.15. The number of carbonyl (C=O) groups excluding carboxylic acids is 1. The molecule has 0 aromatic heterocycles. The predicted molar refractivity (Wildman–Crippen MR) is 76.2 cm³/mol. The lowest BCUT2D eigenvalue weighted by Gasteiger charge is -2.19. The normalized spacial score (nSPS) is 12.2. The van der Waals surface area contributed by atoms with Crippen molar-refractivity contribution in [1.82, 2.24) is 4.72 Å². The van der Waals surface area contributed by atoms with Gasteiger partial charge in [-0.05, 0) is 32.0 Å². The van der Waals surface area contributed by atoms with Crippen molar-refractivity contribution in [3.8, 4) is 0 Å². The number of esters is 1. The quantitative estimate of drug-likeness (QED) is 0.793. The Balaban J connectivity index is 3.05. The van der Waals surface area contributed by atoms with Crippen molar-refractivity contribution in [1.29, 1.82) is 0 Å². The van der Waals surface area contributed by atoms with E-state index < -0.39 is 21.5 Å². The van der Waals surface area contributed by atoms with Gasteiger partial charge in [-0.1, -0.05) is 11.6 Å². The van der Waals surface area contributed by atoms with E-state index in [4.69, 9.17) is 17.3 Å². The molecular weight excluding hydrogens is 304 g/mol. The predicted octanol–water partition coefficient (Wildman–Crippen LogP) is 1.14. The summed E-state index contributed by atoms with van der Waals surface area (Å²) in [7, 11) is -2.56. The molecule has 0 aliphatic heterocycles. The van der Waals surface area contributed by atoms with Crippen LogP contribution in [0.4, 0.5) is 0 Å². The first-order valence-corrected chi connectivity index (χ1v) is 7.59. The highest BCUT2D eigenvalue weighted by Gasteiger charge is 2.22. The molecule has 0 aliphatic carbocycles. The highest BCUT2D eigenvalue weighted by atomic mass is 35.5. The van der Waals surface area contributed by atoms with Gasteiger partial charge in [0.2, 0.25) is 10.0 Å². The summed E-state index contributed by atoms with van der Waals surface area (Å²) in [5, 5.41) is -0.0600. The molecule has 112 valence electrons. The lowest BCUT2D eigenvalue weighted by Crippen LogP contribution is -2.45. The highest BCUT2D eigenvalue weighted by Crippen LogP contribution is 2.23. The lowest BCUT2D eigenvalue weighted by atomic mass is 10.1. The molecule has 0 saturated carbocycles. The summed E-state index contributed by atoms with van der Waals surface area (Å²) in [5.74, 6) is -0.591. The van der Waals surface area contributed by atoms with Crippen LogP contribution in [0.2, 0.25) is 5.02 Å². The number of rotatable bonds is 5. The minimum Gasteiger partial charge on any atom is -0.465 e. The fraction of sp³-hybridized carbons (Fsp3) is 0.417. The highest BCUT2D eigenvalue weighted by molar-refractivity contribution is 7.89. The Bertz CT molecular complexity index is 608. The van der Waals surface area contributed by atoms with Crippen LogP contribution in [-0.2, 0) is 14.8 Å². The molecule has 0 fully saturated rings. The molecule has 0 heterocycles. The SMILES string of the molecule is COC(=O)c1ccc(S(=O)(=O)NCC(C)(C)N)c(Cl)c1. The van der Waals surface area contributed by atoms with Gasteiger partial charge in [-0.3, -0.25) is 0 Å². The Morgan fingerprint density at radius 2 is 2.05 bits per heavy atom. The van der Waals surface area contributed by atoms with E-state index in [1.54, 1.807) is 13.8 Å². The molecule has 0 radical (unpaired) electrons. The molecule has 0 aliphatic rings. The van der Waals surface area contributed by atoms with Gasteiger partial charge in [0, 0.05) is 12.1 Å². The number of benzene rings is 1. The standard InChI is InChI=1S/C12H17ClN2O4S/c1-12(2,14)7-15-20(17,18)10-5-4-8(6-9(10)13)11(16)19-3/h4-6,15H,7,14H2,1-3H3. The van der Waals surface area contributed by atoms with Gasteiger partial charge < -0.3 is 10.5 Å². The van der Waals surface area contributed by atoms with Crippen LogP contribution in [0.15, 0.2) is 23.1 Å². The number of hydrogen-bond acceptors (Lipinski definition) is 5. The summed E-state index contributed by atoms with van der Waals surface area (Å²) >= 11 is 5.91. The van der Waals surface area contributed by atoms with Crippen LogP contribution in [0, 0.1) is 0 Å². The molecule has 0 saturated heterocycles. The molecule has 3 N–H and O–H groups in total. The zero-order valence-electron chi connectivity index (χ0n) is 11.4. The molecule has 20 heavy (non-hydrogen) atoms. The van der Waals surface area contributed by atoms with E-state index in [2.05, 4.69) is 9.46 Å². The maximum absolute atomic E-state index is 12.1. The van der Waals surface area contributed by atoms with E-state index in [1.807, 2.05) is 0 Å². The average molecular weight is 321 g/mol. The number of methoxy groups -OCH3 is 1. The summed E-state index contributed by atoms with van der Waals surface area (Å²) in [6.45, 7) is 3.44. The number of carbonyl (C=O) groups is 1. The Kier molecular flexibility index (Phi) is 5.15. The monoisotopic (exact) mass is 320 g/mol. The summed E-state index contributed by atoms with van der Waals surface area (Å²) in [4.78, 5) is 11.2. The van der Waals surface area contributed by atoms with E-state index in [1.165, 1.54) is 25.3 Å². The molecular formula is C12H17ClN2O4S. The van der Waals surface area contributed by atoms with E-state index in [-0.39, 0.29) is 22.0 Å². The minimum absolute atomic E-state index is 0.0599. The number of sulfonamides is 1. The van der Waals surface area contributed by atoms with Gasteiger partial charge in [0.15, 0.2) is 0 Å². The van der Waals surface area contributed by atoms with Crippen molar-refractivity contribution in [2.45, 2.75) is 24.3 Å². The Morgan fingerprint density at radius 1 is 1.45 bits per heavy atom. The second-order valence-corrected chi connectivity index (χ2v) is 7.09. The number of nitrogens with one attached hydrogen (secondary N) is 1. The first-order chi connectivity index (χ1) is 9.07. The first-order valence-electron chi connectivity index (χ1n) is 5.73. The van der Waals surface area contributed by atoms with Crippen LogP contribution < -0.4 is 10.5 Å². The molecule has 1 rings (SSSR count).